The van der Waals surface area contributed by atoms with Crippen LogP contribution in [0.5, 0.6) is 5.75 Å². The minimum Gasteiger partial charge on any atom is -0.494 e. The molecule has 0 aliphatic carbocycles. The molecule has 3 aromatic rings. The number of nitrogens with one attached hydrogen (secondary N) is 2. The second kappa shape index (κ2) is 14.3. The Labute approximate surface area is 275 Å². The lowest BCUT2D eigenvalue weighted by Crippen LogP contribution is -2.51. The van der Waals surface area contributed by atoms with E-state index in [1.807, 2.05) is 42.3 Å². The molecule has 3 fully saturated rings. The van der Waals surface area contributed by atoms with Crippen LogP contribution >= 0.6 is 11.6 Å². The van der Waals surface area contributed by atoms with Crippen molar-refractivity contribution < 1.29 is 19.1 Å². The largest absolute Gasteiger partial charge is 0.494 e. The lowest BCUT2D eigenvalue weighted by molar-refractivity contribution is -0.111. The molecule has 0 saturated carbocycles. The molecule has 4 heterocycles. The molecule has 0 radical (unpaired) electrons. The summed E-state index contributed by atoms with van der Waals surface area (Å²) in [5.41, 5.74) is 4.34. The van der Waals surface area contributed by atoms with Gasteiger partial charge in [-0.15, -0.1) is 0 Å². The van der Waals surface area contributed by atoms with Crippen LogP contribution in [0.2, 0.25) is 5.02 Å². The highest BCUT2D eigenvalue weighted by Crippen LogP contribution is 2.41. The van der Waals surface area contributed by atoms with Gasteiger partial charge in [0.15, 0.2) is 5.82 Å². The summed E-state index contributed by atoms with van der Waals surface area (Å²) in [5.74, 6) is 1.51. The number of rotatable bonds is 9. The molecule has 244 valence electrons. The average Bonchev–Trinajstić information content (AvgIpc) is 3.56. The predicted octanol–water partition coefficient (Wildman–Crippen LogP) is 5.89. The number of nitrogens with zero attached hydrogens (tertiary/aromatic N) is 5. The molecular formula is C34H42ClN7O4. The molecule has 3 saturated heterocycles. The van der Waals surface area contributed by atoms with Crippen molar-refractivity contribution in [2.45, 2.75) is 51.3 Å². The zero-order chi connectivity index (χ0) is 32.2. The Hall–Kier alpha value is -3.90. The highest BCUT2D eigenvalue weighted by Gasteiger charge is 2.32. The molecule has 2 atom stereocenters. The van der Waals surface area contributed by atoms with Crippen LogP contribution in [0.1, 0.15) is 43.4 Å². The van der Waals surface area contributed by atoms with Crippen LogP contribution in [0.3, 0.4) is 0 Å². The molecule has 6 rings (SSSR count). The molecule has 11 nitrogen and oxygen atoms in total. The molecule has 0 spiro atoms. The summed E-state index contributed by atoms with van der Waals surface area (Å²) in [6.45, 7) is 12.8. The van der Waals surface area contributed by atoms with E-state index in [1.54, 1.807) is 7.11 Å². The van der Waals surface area contributed by atoms with E-state index in [0.717, 1.165) is 73.9 Å². The summed E-state index contributed by atoms with van der Waals surface area (Å²) >= 11 is 6.44. The van der Waals surface area contributed by atoms with Crippen LogP contribution in [0, 0.1) is 6.92 Å². The van der Waals surface area contributed by atoms with Crippen LogP contribution in [-0.2, 0) is 14.4 Å². The topological polar surface area (TPSA) is 104 Å². The lowest BCUT2D eigenvalue weighted by atomic mass is 9.99. The van der Waals surface area contributed by atoms with E-state index in [2.05, 4.69) is 50.0 Å². The number of ether oxygens (including phenoxy) is 2. The number of anilines is 5. The Morgan fingerprint density at radius 3 is 2.70 bits per heavy atom. The third kappa shape index (κ3) is 6.92. The number of hydrogen-bond donors (Lipinski definition) is 2. The minimum absolute atomic E-state index is 0.0354. The van der Waals surface area contributed by atoms with Crippen LogP contribution < -0.4 is 25.3 Å². The number of hydroxylamine groups is 1. The Bertz CT molecular complexity index is 1560. The first-order valence-corrected chi connectivity index (χ1v) is 16.2. The SMILES string of the molecule is C=CC(=O)Nc1cc(Nc2cc(N3OCC[C@@H]3c3cccc(Cl)c3C)ncn2)c(OC)cc1N1CCC(N2CCO[C@@H](C)C2)CC1. The van der Waals surface area contributed by atoms with Crippen molar-refractivity contribution in [3.63, 3.8) is 0 Å². The maximum Gasteiger partial charge on any atom is 0.247 e. The van der Waals surface area contributed by atoms with Gasteiger partial charge < -0.3 is 25.0 Å². The summed E-state index contributed by atoms with van der Waals surface area (Å²) in [7, 11) is 1.64. The zero-order valence-electron chi connectivity index (χ0n) is 26.7. The second-order valence-corrected chi connectivity index (χ2v) is 12.4. The Kier molecular flexibility index (Phi) is 9.93. The Morgan fingerprint density at radius 2 is 1.93 bits per heavy atom. The molecule has 1 aromatic heterocycles. The van der Waals surface area contributed by atoms with Crippen molar-refractivity contribution in [1.82, 2.24) is 14.9 Å². The van der Waals surface area contributed by atoms with Crippen molar-refractivity contribution >= 4 is 46.2 Å². The van der Waals surface area contributed by atoms with E-state index in [1.165, 1.54) is 12.4 Å². The number of carbonyl (C=O) groups excluding carboxylic acids is 1. The van der Waals surface area contributed by atoms with E-state index < -0.39 is 0 Å². The molecule has 3 aliphatic rings. The van der Waals surface area contributed by atoms with Crippen molar-refractivity contribution in [3.8, 4) is 5.75 Å². The first-order valence-electron chi connectivity index (χ1n) is 15.9. The van der Waals surface area contributed by atoms with Crippen molar-refractivity contribution in [1.29, 1.82) is 0 Å². The average molecular weight is 648 g/mol. The maximum atomic E-state index is 12.5. The van der Waals surface area contributed by atoms with Crippen LogP contribution in [-0.4, -0.2) is 79.4 Å². The normalized spacial score (nSPS) is 20.9. The summed E-state index contributed by atoms with van der Waals surface area (Å²) < 4.78 is 11.6. The summed E-state index contributed by atoms with van der Waals surface area (Å²) in [4.78, 5) is 32.5. The van der Waals surface area contributed by atoms with Gasteiger partial charge >= 0.3 is 0 Å². The number of benzene rings is 2. The van der Waals surface area contributed by atoms with Gasteiger partial charge in [0.05, 0.1) is 49.5 Å². The Balaban J connectivity index is 1.24. The fourth-order valence-electron chi connectivity index (χ4n) is 6.67. The highest BCUT2D eigenvalue weighted by atomic mass is 35.5. The van der Waals surface area contributed by atoms with Gasteiger partial charge in [-0.1, -0.05) is 30.3 Å². The number of piperidine rings is 1. The van der Waals surface area contributed by atoms with Gasteiger partial charge in [-0.2, -0.15) is 0 Å². The van der Waals surface area contributed by atoms with Gasteiger partial charge in [-0.25, -0.2) is 15.0 Å². The number of methoxy groups -OCH3 is 1. The molecule has 0 bridgehead atoms. The Morgan fingerprint density at radius 1 is 1.11 bits per heavy atom. The first kappa shape index (κ1) is 32.1. The number of morpholine rings is 1. The van der Waals surface area contributed by atoms with Crippen molar-refractivity contribution in [2.24, 2.45) is 0 Å². The van der Waals surface area contributed by atoms with E-state index >= 15 is 0 Å². The van der Waals surface area contributed by atoms with Gasteiger partial charge in [0.2, 0.25) is 5.91 Å². The summed E-state index contributed by atoms with van der Waals surface area (Å²) in [6.07, 6.45) is 5.90. The third-order valence-electron chi connectivity index (χ3n) is 9.07. The van der Waals surface area contributed by atoms with Gasteiger partial charge in [-0.05, 0) is 56.0 Å². The van der Waals surface area contributed by atoms with Crippen LogP contribution in [0.15, 0.2) is 55.4 Å². The summed E-state index contributed by atoms with van der Waals surface area (Å²) in [5, 5.41) is 8.94. The van der Waals surface area contributed by atoms with E-state index in [9.17, 15) is 4.79 Å². The maximum absolute atomic E-state index is 12.5. The first-order chi connectivity index (χ1) is 22.3. The van der Waals surface area contributed by atoms with Crippen molar-refractivity contribution in [3.05, 3.63) is 71.5 Å². The smallest absolute Gasteiger partial charge is 0.247 e. The fraction of sp³-hybridized carbons (Fsp3) is 0.441. The van der Waals surface area contributed by atoms with Gasteiger partial charge in [-0.3, -0.25) is 14.5 Å². The number of halogens is 1. The predicted molar refractivity (Wildman–Crippen MR) is 181 cm³/mol. The zero-order valence-corrected chi connectivity index (χ0v) is 27.4. The second-order valence-electron chi connectivity index (χ2n) is 12.0. The van der Waals surface area contributed by atoms with Gasteiger partial charge in [0.1, 0.15) is 17.9 Å². The molecule has 3 aliphatic heterocycles. The third-order valence-corrected chi connectivity index (χ3v) is 9.48. The molecular weight excluding hydrogens is 606 g/mol. The van der Waals surface area contributed by atoms with Gasteiger partial charge in [0, 0.05) is 55.8 Å². The molecule has 12 heteroatoms. The monoisotopic (exact) mass is 647 g/mol. The van der Waals surface area contributed by atoms with Crippen molar-refractivity contribution in [2.75, 3.05) is 67.1 Å². The quantitative estimate of drug-likeness (QED) is 0.273. The van der Waals surface area contributed by atoms with E-state index in [4.69, 9.17) is 25.9 Å². The molecule has 0 unspecified atom stereocenters. The number of aromatic nitrogens is 2. The van der Waals surface area contributed by atoms with Gasteiger partial charge in [0.25, 0.3) is 0 Å². The number of carbonyl (C=O) groups is 1. The molecule has 2 N–H and O–H groups in total. The molecule has 2 aromatic carbocycles. The highest BCUT2D eigenvalue weighted by molar-refractivity contribution is 6.31. The number of hydrogen-bond acceptors (Lipinski definition) is 10. The van der Waals surface area contributed by atoms with E-state index in [-0.39, 0.29) is 18.1 Å². The van der Waals surface area contributed by atoms with Crippen LogP contribution in [0.25, 0.3) is 0 Å². The molecule has 1 amide bonds. The van der Waals surface area contributed by atoms with E-state index in [0.29, 0.717) is 41.4 Å². The standard InChI is InChI=1S/C34H42ClN7O4/c1-5-34(43)39-27-17-28(31(44-4)18-30(27)40-12-9-24(10-13-40)41-14-16-45-22(2)20-41)38-32-19-33(37-21-36-32)42-29(11-15-46-42)25-7-6-8-26(35)23(25)3/h5-8,17-19,21-22,24,29H,1,9-16,20H2,2-4H3,(H,39,43)(H,36,37,38)/t22-,29+/m0/s1. The van der Waals surface area contributed by atoms with Crippen LogP contribution in [0.4, 0.5) is 28.7 Å². The molecule has 46 heavy (non-hydrogen) atoms. The lowest BCUT2D eigenvalue weighted by Gasteiger charge is -2.42. The minimum atomic E-state index is -0.285. The fourth-order valence-corrected chi connectivity index (χ4v) is 6.85. The number of amides is 1. The summed E-state index contributed by atoms with van der Waals surface area (Å²) in [6, 6.07) is 12.1.